The molecule has 2 rings (SSSR count). The molecule has 1 saturated carbocycles. The lowest BCUT2D eigenvalue weighted by atomic mass is 9.91. The summed E-state index contributed by atoms with van der Waals surface area (Å²) in [6, 6.07) is 0.275. The topological polar surface area (TPSA) is 52.6 Å². The maximum atomic E-state index is 11.1. The number of nitrogens with one attached hydrogen (secondary N) is 1. The van der Waals surface area contributed by atoms with Crippen LogP contribution < -0.4 is 5.32 Å². The molecule has 4 nitrogen and oxygen atoms in total. The summed E-state index contributed by atoms with van der Waals surface area (Å²) in [7, 11) is 0. The quantitative estimate of drug-likeness (QED) is 0.740. The summed E-state index contributed by atoms with van der Waals surface area (Å²) < 4.78 is 0. The molecule has 0 aromatic heterocycles. The van der Waals surface area contributed by atoms with E-state index in [9.17, 15) is 4.79 Å². The van der Waals surface area contributed by atoms with Gasteiger partial charge in [0.2, 0.25) is 5.91 Å². The first kappa shape index (κ1) is 12.8. The Labute approximate surface area is 103 Å². The minimum atomic E-state index is 0.0611. The maximum absolute atomic E-state index is 11.1. The molecule has 2 aliphatic rings. The predicted molar refractivity (Wildman–Crippen MR) is 66.6 cm³/mol. The van der Waals surface area contributed by atoms with E-state index in [0.717, 1.165) is 31.8 Å². The van der Waals surface area contributed by atoms with Crippen molar-refractivity contribution in [1.82, 2.24) is 10.2 Å². The molecule has 1 amide bonds. The Morgan fingerprint density at radius 2 is 2.12 bits per heavy atom. The number of aliphatic hydroxyl groups excluding tert-OH is 1. The van der Waals surface area contributed by atoms with E-state index in [2.05, 4.69) is 10.2 Å². The average Bonchev–Trinajstić information content (AvgIpc) is 3.00. The molecule has 0 radical (unpaired) electrons. The van der Waals surface area contributed by atoms with Gasteiger partial charge in [0.15, 0.2) is 0 Å². The van der Waals surface area contributed by atoms with Gasteiger partial charge in [-0.05, 0) is 37.5 Å². The van der Waals surface area contributed by atoms with Crippen LogP contribution in [0.25, 0.3) is 0 Å². The molecule has 2 atom stereocenters. The molecule has 0 aromatic rings. The molecule has 0 aromatic carbocycles. The number of aliphatic hydroxyl groups is 1. The fourth-order valence-corrected chi connectivity index (χ4v) is 2.90. The Morgan fingerprint density at radius 1 is 1.35 bits per heavy atom. The smallest absolute Gasteiger partial charge is 0.217 e. The van der Waals surface area contributed by atoms with Crippen LogP contribution in [0.1, 0.15) is 32.6 Å². The summed E-state index contributed by atoms with van der Waals surface area (Å²) in [5, 5.41) is 12.1. The highest BCUT2D eigenvalue weighted by Gasteiger charge is 2.31. The number of hydrogen-bond acceptors (Lipinski definition) is 3. The van der Waals surface area contributed by atoms with Crippen molar-refractivity contribution in [3.8, 4) is 0 Å². The minimum absolute atomic E-state index is 0.0611. The maximum Gasteiger partial charge on any atom is 0.217 e. The largest absolute Gasteiger partial charge is 0.396 e. The number of hydrogen-bond donors (Lipinski definition) is 2. The summed E-state index contributed by atoms with van der Waals surface area (Å²) in [5.41, 5.74) is 0. The molecule has 2 fully saturated rings. The van der Waals surface area contributed by atoms with Gasteiger partial charge in [-0.1, -0.05) is 0 Å². The van der Waals surface area contributed by atoms with Gasteiger partial charge in [0.25, 0.3) is 0 Å². The summed E-state index contributed by atoms with van der Waals surface area (Å²) in [5.74, 6) is 1.48. The van der Waals surface area contributed by atoms with E-state index in [-0.39, 0.29) is 18.6 Å². The Balaban J connectivity index is 1.85. The van der Waals surface area contributed by atoms with Crippen LogP contribution in [0.5, 0.6) is 0 Å². The number of nitrogens with zero attached hydrogens (tertiary/aromatic N) is 1. The van der Waals surface area contributed by atoms with Crippen LogP contribution >= 0.6 is 0 Å². The molecule has 2 N–H and O–H groups in total. The molecular formula is C13H24N2O2. The zero-order valence-electron chi connectivity index (χ0n) is 10.7. The van der Waals surface area contributed by atoms with Gasteiger partial charge >= 0.3 is 0 Å². The van der Waals surface area contributed by atoms with E-state index in [1.807, 2.05) is 0 Å². The fraction of sp³-hybridized carbons (Fsp3) is 0.923. The van der Waals surface area contributed by atoms with E-state index in [1.54, 1.807) is 6.92 Å². The second kappa shape index (κ2) is 5.83. The predicted octanol–water partition coefficient (Wildman–Crippen LogP) is 0.605. The normalized spacial score (nSPS) is 30.2. The van der Waals surface area contributed by atoms with Crippen LogP contribution in [-0.4, -0.2) is 48.2 Å². The first-order valence-corrected chi connectivity index (χ1v) is 6.77. The standard InChI is InChI=1S/C13H24N2O2/c1-10(17)14-13-6-12(4-5-16)8-15(9-13)7-11-2-3-11/h11-13,16H,2-9H2,1H3,(H,14,17). The number of carbonyl (C=O) groups is 1. The molecular weight excluding hydrogens is 216 g/mol. The van der Waals surface area contributed by atoms with E-state index < -0.39 is 0 Å². The molecule has 4 heteroatoms. The molecule has 1 aliphatic carbocycles. The van der Waals surface area contributed by atoms with Crippen LogP contribution in [0.15, 0.2) is 0 Å². The van der Waals surface area contributed by atoms with Gasteiger partial charge in [-0.3, -0.25) is 4.79 Å². The van der Waals surface area contributed by atoms with Crippen LogP contribution in [0.2, 0.25) is 0 Å². The number of piperidine rings is 1. The van der Waals surface area contributed by atoms with E-state index >= 15 is 0 Å². The van der Waals surface area contributed by atoms with Gasteiger partial charge in [-0.15, -0.1) is 0 Å². The van der Waals surface area contributed by atoms with Gasteiger partial charge in [-0.25, -0.2) is 0 Å². The molecule has 0 bridgehead atoms. The number of likely N-dealkylation sites (tertiary alicyclic amines) is 1. The van der Waals surface area contributed by atoms with Crippen molar-refractivity contribution in [2.45, 2.75) is 38.6 Å². The molecule has 98 valence electrons. The van der Waals surface area contributed by atoms with Gasteiger partial charge in [0.05, 0.1) is 0 Å². The Bertz CT molecular complexity index is 266. The second-order valence-corrected chi connectivity index (χ2v) is 5.67. The second-order valence-electron chi connectivity index (χ2n) is 5.67. The Kier molecular flexibility index (Phi) is 4.40. The molecule has 17 heavy (non-hydrogen) atoms. The van der Waals surface area contributed by atoms with Crippen LogP contribution in [0, 0.1) is 11.8 Å². The molecule has 0 spiro atoms. The van der Waals surface area contributed by atoms with Crippen molar-refractivity contribution in [2.24, 2.45) is 11.8 Å². The van der Waals surface area contributed by atoms with Crippen molar-refractivity contribution in [2.75, 3.05) is 26.2 Å². The first-order valence-electron chi connectivity index (χ1n) is 6.77. The van der Waals surface area contributed by atoms with Crippen LogP contribution in [0.4, 0.5) is 0 Å². The van der Waals surface area contributed by atoms with E-state index in [0.29, 0.717) is 5.92 Å². The summed E-state index contributed by atoms with van der Waals surface area (Å²) in [4.78, 5) is 13.6. The minimum Gasteiger partial charge on any atom is -0.396 e. The lowest BCUT2D eigenvalue weighted by molar-refractivity contribution is -0.120. The first-order chi connectivity index (χ1) is 8.17. The van der Waals surface area contributed by atoms with Crippen molar-refractivity contribution >= 4 is 5.91 Å². The summed E-state index contributed by atoms with van der Waals surface area (Å²) in [6.07, 6.45) is 4.61. The van der Waals surface area contributed by atoms with Crippen molar-refractivity contribution in [3.05, 3.63) is 0 Å². The Morgan fingerprint density at radius 3 is 2.71 bits per heavy atom. The van der Waals surface area contributed by atoms with E-state index in [1.165, 1.54) is 19.4 Å². The molecule has 1 heterocycles. The summed E-state index contributed by atoms with van der Waals surface area (Å²) in [6.45, 7) is 5.10. The monoisotopic (exact) mass is 240 g/mol. The van der Waals surface area contributed by atoms with Crippen LogP contribution in [-0.2, 0) is 4.79 Å². The zero-order valence-corrected chi connectivity index (χ0v) is 10.7. The number of carbonyl (C=O) groups excluding carboxylic acids is 1. The van der Waals surface area contributed by atoms with Crippen LogP contribution in [0.3, 0.4) is 0 Å². The van der Waals surface area contributed by atoms with E-state index in [4.69, 9.17) is 5.11 Å². The molecule has 1 saturated heterocycles. The lowest BCUT2D eigenvalue weighted by Crippen LogP contribution is -2.51. The van der Waals surface area contributed by atoms with Crippen molar-refractivity contribution in [1.29, 1.82) is 0 Å². The third-order valence-electron chi connectivity index (χ3n) is 3.77. The highest BCUT2D eigenvalue weighted by molar-refractivity contribution is 5.73. The van der Waals surface area contributed by atoms with Gasteiger partial charge in [-0.2, -0.15) is 0 Å². The zero-order chi connectivity index (χ0) is 12.3. The van der Waals surface area contributed by atoms with Gasteiger partial charge < -0.3 is 15.3 Å². The van der Waals surface area contributed by atoms with Gasteiger partial charge in [0, 0.05) is 39.2 Å². The summed E-state index contributed by atoms with van der Waals surface area (Å²) >= 11 is 0. The SMILES string of the molecule is CC(=O)NC1CC(CCO)CN(CC2CC2)C1. The molecule has 1 aliphatic heterocycles. The average molecular weight is 240 g/mol. The number of amides is 1. The fourth-order valence-electron chi connectivity index (χ4n) is 2.90. The van der Waals surface area contributed by atoms with Crippen molar-refractivity contribution in [3.63, 3.8) is 0 Å². The van der Waals surface area contributed by atoms with Gasteiger partial charge in [0.1, 0.15) is 0 Å². The molecule has 2 unspecified atom stereocenters. The highest BCUT2D eigenvalue weighted by atomic mass is 16.3. The number of rotatable bonds is 5. The Hall–Kier alpha value is -0.610. The third-order valence-corrected chi connectivity index (χ3v) is 3.77. The van der Waals surface area contributed by atoms with Crippen molar-refractivity contribution < 1.29 is 9.90 Å². The highest BCUT2D eigenvalue weighted by Crippen LogP contribution is 2.31. The third kappa shape index (κ3) is 4.28. The lowest BCUT2D eigenvalue weighted by Gasteiger charge is -2.38.